The van der Waals surface area contributed by atoms with Crippen molar-refractivity contribution >= 4 is 27.5 Å². The van der Waals surface area contributed by atoms with Gasteiger partial charge in [0, 0.05) is 12.6 Å². The predicted octanol–water partition coefficient (Wildman–Crippen LogP) is 5.31. The van der Waals surface area contributed by atoms with Gasteiger partial charge in [-0.25, -0.2) is 8.42 Å². The van der Waals surface area contributed by atoms with Crippen LogP contribution in [0, 0.1) is 6.92 Å². The fourth-order valence-electron chi connectivity index (χ4n) is 5.10. The normalized spacial score (nSPS) is 15.4. The topological polar surface area (TPSA) is 86.8 Å². The summed E-state index contributed by atoms with van der Waals surface area (Å²) in [7, 11) is -3.76. The van der Waals surface area contributed by atoms with Gasteiger partial charge in [0.1, 0.15) is 12.6 Å². The highest BCUT2D eigenvalue weighted by molar-refractivity contribution is 7.92. The number of hydrogen-bond acceptors (Lipinski definition) is 4. The van der Waals surface area contributed by atoms with E-state index in [0.717, 1.165) is 52.9 Å². The first-order valence-electron chi connectivity index (χ1n) is 14.0. The van der Waals surface area contributed by atoms with Crippen molar-refractivity contribution < 1.29 is 18.0 Å². The number of rotatable bonds is 10. The van der Waals surface area contributed by atoms with Crippen molar-refractivity contribution in [3.05, 3.63) is 65.2 Å². The van der Waals surface area contributed by atoms with Crippen molar-refractivity contribution in [2.24, 2.45) is 0 Å². The zero-order valence-electron chi connectivity index (χ0n) is 24.4. The molecule has 0 saturated heterocycles. The molecular weight excluding hydrogens is 510 g/mol. The third-order valence-corrected chi connectivity index (χ3v) is 8.65. The summed E-state index contributed by atoms with van der Waals surface area (Å²) < 4.78 is 26.9. The van der Waals surface area contributed by atoms with Gasteiger partial charge in [-0.15, -0.1) is 0 Å². The van der Waals surface area contributed by atoms with E-state index >= 15 is 0 Å². The number of carbonyl (C=O) groups excluding carboxylic acids is 2. The Labute approximate surface area is 235 Å². The standard InChI is InChI=1S/C31H45N3O4S/c1-7-28(30(36)32-26-11-9-8-10-12-26)33(21-24-15-13-23(2)14-16-24)29(35)22-34(39(6,37)38)27-19-17-25(18-20-27)31(3,4)5/h13-20,26,28H,7-12,21-22H2,1-6H3,(H,32,36). The summed E-state index contributed by atoms with van der Waals surface area (Å²) in [6.45, 7) is 9.99. The van der Waals surface area contributed by atoms with Crippen molar-refractivity contribution in [2.45, 2.75) is 97.2 Å². The number of amides is 2. The van der Waals surface area contributed by atoms with Crippen LogP contribution in [0.2, 0.25) is 0 Å². The third-order valence-electron chi connectivity index (χ3n) is 7.51. The smallest absolute Gasteiger partial charge is 0.244 e. The number of sulfonamides is 1. The van der Waals surface area contributed by atoms with Crippen LogP contribution in [0.5, 0.6) is 0 Å². The second-order valence-corrected chi connectivity index (χ2v) is 13.7. The molecule has 0 radical (unpaired) electrons. The van der Waals surface area contributed by atoms with Crippen LogP contribution in [-0.2, 0) is 31.6 Å². The Hall–Kier alpha value is -2.87. The number of aryl methyl sites for hydroxylation is 1. The van der Waals surface area contributed by atoms with Crippen molar-refractivity contribution in [1.82, 2.24) is 10.2 Å². The summed E-state index contributed by atoms with van der Waals surface area (Å²) in [6, 6.07) is 14.5. The molecular formula is C31H45N3O4S. The monoisotopic (exact) mass is 555 g/mol. The Kier molecular flexibility index (Phi) is 10.2. The minimum absolute atomic E-state index is 0.0881. The molecule has 1 saturated carbocycles. The molecule has 3 rings (SSSR count). The molecule has 1 aliphatic rings. The van der Waals surface area contributed by atoms with E-state index in [9.17, 15) is 18.0 Å². The average molecular weight is 556 g/mol. The maximum absolute atomic E-state index is 13.9. The molecule has 1 atom stereocenters. The molecule has 1 aliphatic carbocycles. The van der Waals surface area contributed by atoms with Crippen LogP contribution in [0.4, 0.5) is 5.69 Å². The lowest BCUT2D eigenvalue weighted by molar-refractivity contribution is -0.140. The number of carbonyl (C=O) groups is 2. The fourth-order valence-corrected chi connectivity index (χ4v) is 5.94. The van der Waals surface area contributed by atoms with Gasteiger partial charge in [-0.1, -0.05) is 88.9 Å². The van der Waals surface area contributed by atoms with E-state index in [2.05, 4.69) is 26.1 Å². The Morgan fingerprint density at radius 3 is 2.08 bits per heavy atom. The molecule has 1 N–H and O–H groups in total. The lowest BCUT2D eigenvalue weighted by Crippen LogP contribution is -2.53. The van der Waals surface area contributed by atoms with Gasteiger partial charge in [-0.2, -0.15) is 0 Å². The third kappa shape index (κ3) is 8.56. The van der Waals surface area contributed by atoms with Gasteiger partial charge in [-0.3, -0.25) is 13.9 Å². The van der Waals surface area contributed by atoms with Gasteiger partial charge >= 0.3 is 0 Å². The molecule has 0 spiro atoms. The van der Waals surface area contributed by atoms with Crippen molar-refractivity contribution in [3.63, 3.8) is 0 Å². The summed E-state index contributed by atoms with van der Waals surface area (Å²) in [5.74, 6) is -0.586. The van der Waals surface area contributed by atoms with Crippen LogP contribution in [0.1, 0.15) is 82.9 Å². The van der Waals surface area contributed by atoms with E-state index in [1.54, 1.807) is 17.0 Å². The first-order valence-corrected chi connectivity index (χ1v) is 15.9. The number of nitrogens with one attached hydrogen (secondary N) is 1. The van der Waals surface area contributed by atoms with Crippen LogP contribution in [0.3, 0.4) is 0 Å². The van der Waals surface area contributed by atoms with E-state index in [4.69, 9.17) is 0 Å². The van der Waals surface area contributed by atoms with Crippen LogP contribution in [-0.4, -0.2) is 50.0 Å². The minimum atomic E-state index is -3.76. The van der Waals surface area contributed by atoms with Crippen molar-refractivity contribution in [2.75, 3.05) is 17.1 Å². The first-order chi connectivity index (χ1) is 18.3. The maximum atomic E-state index is 13.9. The highest BCUT2D eigenvalue weighted by Gasteiger charge is 2.33. The maximum Gasteiger partial charge on any atom is 0.244 e. The number of nitrogens with zero attached hydrogens (tertiary/aromatic N) is 2. The van der Waals surface area contributed by atoms with Gasteiger partial charge in [0.2, 0.25) is 21.8 Å². The second kappa shape index (κ2) is 13.0. The molecule has 8 heteroatoms. The van der Waals surface area contributed by atoms with Gasteiger partial charge in [-0.05, 0) is 54.9 Å². The van der Waals surface area contributed by atoms with Crippen LogP contribution in [0.15, 0.2) is 48.5 Å². The van der Waals surface area contributed by atoms with Crippen LogP contribution in [0.25, 0.3) is 0 Å². The lowest BCUT2D eigenvalue weighted by Gasteiger charge is -2.34. The molecule has 214 valence electrons. The molecule has 0 aliphatic heterocycles. The number of benzene rings is 2. The Balaban J connectivity index is 1.91. The largest absolute Gasteiger partial charge is 0.352 e. The van der Waals surface area contributed by atoms with Gasteiger partial charge in [0.15, 0.2) is 0 Å². The first kappa shape index (κ1) is 30.7. The lowest BCUT2D eigenvalue weighted by atomic mass is 9.87. The summed E-state index contributed by atoms with van der Waals surface area (Å²) in [6.07, 6.45) is 6.78. The molecule has 0 heterocycles. The summed E-state index contributed by atoms with van der Waals surface area (Å²) >= 11 is 0. The highest BCUT2D eigenvalue weighted by atomic mass is 32.2. The van der Waals surface area contributed by atoms with Gasteiger partial charge < -0.3 is 10.2 Å². The zero-order valence-corrected chi connectivity index (χ0v) is 25.2. The summed E-state index contributed by atoms with van der Waals surface area (Å²) in [5.41, 5.74) is 3.39. The van der Waals surface area contributed by atoms with Gasteiger partial charge in [0.05, 0.1) is 11.9 Å². The average Bonchev–Trinajstić information content (AvgIpc) is 2.87. The fraction of sp³-hybridized carbons (Fsp3) is 0.548. The number of hydrogen-bond donors (Lipinski definition) is 1. The molecule has 0 aromatic heterocycles. The molecule has 1 unspecified atom stereocenters. The molecule has 0 bridgehead atoms. The quantitative estimate of drug-likeness (QED) is 0.430. The van der Waals surface area contributed by atoms with Crippen molar-refractivity contribution in [1.29, 1.82) is 0 Å². The second-order valence-electron chi connectivity index (χ2n) is 11.8. The van der Waals surface area contributed by atoms with E-state index < -0.39 is 22.0 Å². The molecule has 2 amide bonds. The highest BCUT2D eigenvalue weighted by Crippen LogP contribution is 2.26. The van der Waals surface area contributed by atoms with Gasteiger partial charge in [0.25, 0.3) is 0 Å². The van der Waals surface area contributed by atoms with E-state index in [1.807, 2.05) is 50.2 Å². The Bertz CT molecular complexity index is 1210. The summed E-state index contributed by atoms with van der Waals surface area (Å²) in [4.78, 5) is 28.9. The van der Waals surface area contributed by atoms with Crippen LogP contribution < -0.4 is 9.62 Å². The van der Waals surface area contributed by atoms with E-state index in [-0.39, 0.29) is 30.5 Å². The van der Waals surface area contributed by atoms with Crippen LogP contribution >= 0.6 is 0 Å². The Morgan fingerprint density at radius 1 is 0.974 bits per heavy atom. The minimum Gasteiger partial charge on any atom is -0.352 e. The molecule has 7 nitrogen and oxygen atoms in total. The molecule has 39 heavy (non-hydrogen) atoms. The molecule has 1 fully saturated rings. The van der Waals surface area contributed by atoms with Crippen molar-refractivity contribution in [3.8, 4) is 0 Å². The SMILES string of the molecule is CCC(C(=O)NC1CCCCC1)N(Cc1ccc(C)cc1)C(=O)CN(c1ccc(C(C)(C)C)cc1)S(C)(=O)=O. The Morgan fingerprint density at radius 2 is 1.56 bits per heavy atom. The number of anilines is 1. The zero-order chi connectivity index (χ0) is 28.8. The molecule has 2 aromatic rings. The van der Waals surface area contributed by atoms with E-state index in [0.29, 0.717) is 12.1 Å². The predicted molar refractivity (Wildman–Crippen MR) is 158 cm³/mol. The summed E-state index contributed by atoms with van der Waals surface area (Å²) in [5, 5.41) is 3.17. The molecule has 2 aromatic carbocycles. The van der Waals surface area contributed by atoms with E-state index in [1.165, 1.54) is 6.42 Å².